The molecule has 1 rings (SSSR count). The van der Waals surface area contributed by atoms with Crippen molar-refractivity contribution in [3.8, 4) is 0 Å². The van der Waals surface area contributed by atoms with Crippen LogP contribution in [0.25, 0.3) is 0 Å². The van der Waals surface area contributed by atoms with Gasteiger partial charge in [0.25, 0.3) is 0 Å². The van der Waals surface area contributed by atoms with Crippen LogP contribution in [0.5, 0.6) is 0 Å². The summed E-state index contributed by atoms with van der Waals surface area (Å²) in [6.45, 7) is 0. The van der Waals surface area contributed by atoms with E-state index in [1.165, 1.54) is 12.1 Å². The molecule has 0 saturated carbocycles. The molecular weight excluding hydrogens is 271 g/mol. The molecule has 0 bridgehead atoms. The fourth-order valence-corrected chi connectivity index (χ4v) is 1.79. The Hall–Kier alpha value is -1.57. The quantitative estimate of drug-likeness (QED) is 0.860. The Labute approximate surface area is 102 Å². The summed E-state index contributed by atoms with van der Waals surface area (Å²) < 4.78 is 59.8. The van der Waals surface area contributed by atoms with Gasteiger partial charge >= 0.3 is 6.18 Å². The second-order valence-corrected chi connectivity index (χ2v) is 5.42. The Kier molecular flexibility index (Phi) is 4.00. The van der Waals surface area contributed by atoms with Gasteiger partial charge in [-0.15, -0.1) is 0 Å². The smallest absolute Gasteiger partial charge is 0.294 e. The van der Waals surface area contributed by atoms with Crippen molar-refractivity contribution in [2.24, 2.45) is 0 Å². The van der Waals surface area contributed by atoms with E-state index in [4.69, 9.17) is 0 Å². The van der Waals surface area contributed by atoms with Gasteiger partial charge in [0.1, 0.15) is 6.42 Å². The third-order valence-electron chi connectivity index (χ3n) is 1.87. The zero-order valence-electron chi connectivity index (χ0n) is 9.28. The molecule has 0 aromatic heterocycles. The molecule has 0 radical (unpaired) electrons. The number of Topliss-reactive ketones (excluding diaryl/α,β-unsaturated/α-hetero) is 1. The van der Waals surface area contributed by atoms with Crippen LogP contribution in [0.1, 0.15) is 16.8 Å². The monoisotopic (exact) mass is 281 g/mol. The molecule has 4 nitrogen and oxygen atoms in total. The predicted molar refractivity (Wildman–Crippen MR) is 59.9 cm³/mol. The van der Waals surface area contributed by atoms with E-state index in [1.54, 1.807) is 0 Å². The van der Waals surface area contributed by atoms with Gasteiger partial charge in [-0.1, -0.05) is 0 Å². The van der Waals surface area contributed by atoms with Crippen LogP contribution in [-0.2, 0) is 10.0 Å². The summed E-state index contributed by atoms with van der Waals surface area (Å²) in [6, 6.07) is 4.73. The maximum atomic E-state index is 12.0. The van der Waals surface area contributed by atoms with E-state index in [1.807, 2.05) is 0 Å². The molecule has 8 heteroatoms. The predicted octanol–water partition coefficient (Wildman–Crippen LogP) is 2.19. The molecular formula is C10H10F3NO3S. The number of alkyl halides is 3. The lowest BCUT2D eigenvalue weighted by Gasteiger charge is -2.07. The average Bonchev–Trinajstić information content (AvgIpc) is 2.13. The highest BCUT2D eigenvalue weighted by Crippen LogP contribution is 2.22. The van der Waals surface area contributed by atoms with Gasteiger partial charge in [-0.25, -0.2) is 8.42 Å². The first-order valence-electron chi connectivity index (χ1n) is 4.75. The maximum Gasteiger partial charge on any atom is 0.396 e. The number of hydrogen-bond acceptors (Lipinski definition) is 3. The van der Waals surface area contributed by atoms with Crippen molar-refractivity contribution in [2.45, 2.75) is 12.6 Å². The van der Waals surface area contributed by atoms with Gasteiger partial charge in [0.05, 0.1) is 6.26 Å². The molecule has 0 saturated heterocycles. The van der Waals surface area contributed by atoms with Gasteiger partial charge in [0, 0.05) is 11.3 Å². The summed E-state index contributed by atoms with van der Waals surface area (Å²) in [5.74, 6) is -1.06. The van der Waals surface area contributed by atoms with Crippen molar-refractivity contribution in [1.82, 2.24) is 0 Å². The van der Waals surface area contributed by atoms with Crippen LogP contribution in [0.15, 0.2) is 24.3 Å². The zero-order valence-corrected chi connectivity index (χ0v) is 10.1. The van der Waals surface area contributed by atoms with Gasteiger partial charge < -0.3 is 0 Å². The third kappa shape index (κ3) is 5.17. The SMILES string of the molecule is CS(=O)(=O)Nc1ccc(C(=O)CC(F)(F)F)cc1. The summed E-state index contributed by atoms with van der Waals surface area (Å²) in [6.07, 6.45) is -5.15. The van der Waals surface area contributed by atoms with Gasteiger partial charge in [-0.05, 0) is 24.3 Å². The van der Waals surface area contributed by atoms with E-state index in [2.05, 4.69) is 4.72 Å². The Morgan fingerprint density at radius 2 is 1.72 bits per heavy atom. The molecule has 0 atom stereocenters. The lowest BCUT2D eigenvalue weighted by atomic mass is 10.1. The molecule has 0 aliphatic carbocycles. The van der Waals surface area contributed by atoms with Gasteiger partial charge in [0.15, 0.2) is 5.78 Å². The van der Waals surface area contributed by atoms with E-state index in [-0.39, 0.29) is 11.3 Å². The number of carbonyl (C=O) groups is 1. The van der Waals surface area contributed by atoms with Gasteiger partial charge in [-0.3, -0.25) is 9.52 Å². The molecule has 0 amide bonds. The minimum absolute atomic E-state index is 0.119. The Morgan fingerprint density at radius 3 is 2.11 bits per heavy atom. The van der Waals surface area contributed by atoms with Crippen molar-refractivity contribution < 1.29 is 26.4 Å². The van der Waals surface area contributed by atoms with E-state index < -0.39 is 28.4 Å². The summed E-state index contributed by atoms with van der Waals surface area (Å²) in [4.78, 5) is 11.2. The molecule has 1 N–H and O–H groups in total. The summed E-state index contributed by atoms with van der Waals surface area (Å²) in [5.41, 5.74) is 0.0624. The number of anilines is 1. The maximum absolute atomic E-state index is 12.0. The first kappa shape index (κ1) is 14.5. The molecule has 18 heavy (non-hydrogen) atoms. The van der Waals surface area contributed by atoms with E-state index >= 15 is 0 Å². The zero-order chi connectivity index (χ0) is 14.0. The van der Waals surface area contributed by atoms with Gasteiger partial charge in [-0.2, -0.15) is 13.2 Å². The van der Waals surface area contributed by atoms with Crippen LogP contribution in [0.3, 0.4) is 0 Å². The average molecular weight is 281 g/mol. The van der Waals surface area contributed by atoms with Crippen LogP contribution in [0, 0.1) is 0 Å². The number of carbonyl (C=O) groups excluding carboxylic acids is 1. The number of halogens is 3. The highest BCUT2D eigenvalue weighted by atomic mass is 32.2. The molecule has 0 spiro atoms. The number of ketones is 1. The number of sulfonamides is 1. The third-order valence-corrected chi connectivity index (χ3v) is 2.48. The highest BCUT2D eigenvalue weighted by Gasteiger charge is 2.31. The van der Waals surface area contributed by atoms with Gasteiger partial charge in [0.2, 0.25) is 10.0 Å². The molecule has 0 heterocycles. The van der Waals surface area contributed by atoms with E-state index in [0.717, 1.165) is 18.4 Å². The second kappa shape index (κ2) is 4.97. The number of nitrogens with one attached hydrogen (secondary N) is 1. The van der Waals surface area contributed by atoms with Crippen molar-refractivity contribution >= 4 is 21.5 Å². The fourth-order valence-electron chi connectivity index (χ4n) is 1.22. The van der Waals surface area contributed by atoms with Crippen LogP contribution in [0.4, 0.5) is 18.9 Å². The second-order valence-electron chi connectivity index (χ2n) is 3.67. The Morgan fingerprint density at radius 1 is 1.22 bits per heavy atom. The number of benzene rings is 1. The van der Waals surface area contributed by atoms with E-state index in [0.29, 0.717) is 0 Å². The minimum atomic E-state index is -4.55. The number of hydrogen-bond donors (Lipinski definition) is 1. The summed E-state index contributed by atoms with van der Waals surface area (Å²) >= 11 is 0. The first-order chi connectivity index (χ1) is 8.07. The van der Waals surface area contributed by atoms with Crippen molar-refractivity contribution in [1.29, 1.82) is 0 Å². The molecule has 0 aliphatic rings. The molecule has 0 aliphatic heterocycles. The first-order valence-corrected chi connectivity index (χ1v) is 6.64. The van der Waals surface area contributed by atoms with Crippen molar-refractivity contribution in [3.05, 3.63) is 29.8 Å². The lowest BCUT2D eigenvalue weighted by molar-refractivity contribution is -0.125. The van der Waals surface area contributed by atoms with Crippen LogP contribution >= 0.6 is 0 Å². The molecule has 0 fully saturated rings. The summed E-state index contributed by atoms with van der Waals surface area (Å²) in [7, 11) is -3.45. The van der Waals surface area contributed by atoms with Crippen molar-refractivity contribution in [3.63, 3.8) is 0 Å². The van der Waals surface area contributed by atoms with E-state index in [9.17, 15) is 26.4 Å². The molecule has 1 aromatic rings. The fraction of sp³-hybridized carbons (Fsp3) is 0.300. The topological polar surface area (TPSA) is 63.2 Å². The standard InChI is InChI=1S/C10H10F3NO3S/c1-18(16,17)14-8-4-2-7(3-5-8)9(15)6-10(11,12)13/h2-5,14H,6H2,1H3. The van der Waals surface area contributed by atoms with Crippen LogP contribution in [-0.4, -0.2) is 26.6 Å². The molecule has 1 aromatic carbocycles. The van der Waals surface area contributed by atoms with Crippen LogP contribution in [0.2, 0.25) is 0 Å². The normalized spacial score (nSPS) is 12.2. The highest BCUT2D eigenvalue weighted by molar-refractivity contribution is 7.92. The minimum Gasteiger partial charge on any atom is -0.294 e. The Balaban J connectivity index is 2.80. The summed E-state index contributed by atoms with van der Waals surface area (Å²) in [5, 5.41) is 0. The Bertz CT molecular complexity index is 534. The van der Waals surface area contributed by atoms with Crippen LogP contribution < -0.4 is 4.72 Å². The van der Waals surface area contributed by atoms with Crippen molar-refractivity contribution in [2.75, 3.05) is 11.0 Å². The lowest BCUT2D eigenvalue weighted by Crippen LogP contribution is -2.15. The largest absolute Gasteiger partial charge is 0.396 e. The number of rotatable bonds is 4. The molecule has 0 unspecified atom stereocenters. The molecule has 100 valence electrons.